The minimum absolute atomic E-state index is 0.00850. The van der Waals surface area contributed by atoms with E-state index in [0.717, 1.165) is 25.0 Å². The van der Waals surface area contributed by atoms with E-state index in [1.807, 2.05) is 13.8 Å². The van der Waals surface area contributed by atoms with E-state index in [2.05, 4.69) is 10.3 Å². The first-order chi connectivity index (χ1) is 9.08. The van der Waals surface area contributed by atoms with E-state index in [4.69, 9.17) is 9.47 Å². The van der Waals surface area contributed by atoms with Gasteiger partial charge in [-0.3, -0.25) is 4.79 Å². The zero-order valence-corrected chi connectivity index (χ0v) is 12.0. The quantitative estimate of drug-likeness (QED) is 0.901. The number of nitrogens with one attached hydrogen (secondary N) is 1. The predicted octanol–water partition coefficient (Wildman–Crippen LogP) is 1.97. The summed E-state index contributed by atoms with van der Waals surface area (Å²) in [6.45, 7) is 5.09. The lowest BCUT2D eigenvalue weighted by Gasteiger charge is -2.30. The van der Waals surface area contributed by atoms with Crippen LogP contribution < -0.4 is 5.32 Å². The largest absolute Gasteiger partial charge is 0.347 e. The molecular weight excluding hydrogens is 264 g/mol. The minimum Gasteiger partial charge on any atom is -0.347 e. The van der Waals surface area contributed by atoms with Gasteiger partial charge in [0.15, 0.2) is 10.9 Å². The number of hydrogen-bond donors (Lipinski definition) is 1. The van der Waals surface area contributed by atoms with Crippen LogP contribution in [0.1, 0.15) is 30.8 Å². The number of carbonyl (C=O) groups is 1. The highest BCUT2D eigenvalue weighted by molar-refractivity contribution is 7.15. The van der Waals surface area contributed by atoms with E-state index in [0.29, 0.717) is 18.3 Å². The minimum atomic E-state index is -0.432. The molecule has 0 atom stereocenters. The molecule has 1 N–H and O–H groups in total. The molecule has 2 aliphatic rings. The highest BCUT2D eigenvalue weighted by Crippen LogP contribution is 2.38. The number of aryl methyl sites for hydroxylation is 1. The second-order valence-corrected chi connectivity index (χ2v) is 6.40. The Morgan fingerprint density at radius 1 is 1.42 bits per heavy atom. The molecule has 0 radical (unpaired) electrons. The van der Waals surface area contributed by atoms with Crippen molar-refractivity contribution in [3.05, 3.63) is 10.6 Å². The summed E-state index contributed by atoms with van der Waals surface area (Å²) in [6, 6.07) is 0. The van der Waals surface area contributed by atoms with Gasteiger partial charge < -0.3 is 14.8 Å². The van der Waals surface area contributed by atoms with Gasteiger partial charge in [-0.05, 0) is 6.42 Å². The maximum absolute atomic E-state index is 11.7. The van der Waals surface area contributed by atoms with Gasteiger partial charge in [0.1, 0.15) is 0 Å². The molecule has 6 heteroatoms. The molecule has 3 rings (SSSR count). The number of rotatable bonds is 2. The fraction of sp³-hybridized carbons (Fsp3) is 0.692. The topological polar surface area (TPSA) is 60.5 Å². The number of fused-ring (bicyclic) bond motifs is 1. The van der Waals surface area contributed by atoms with Crippen LogP contribution in [0.4, 0.5) is 5.13 Å². The molecule has 1 aromatic heterocycles. The van der Waals surface area contributed by atoms with Crippen LogP contribution in [0, 0.1) is 5.92 Å². The molecule has 1 aromatic rings. The number of amides is 1. The average molecular weight is 282 g/mol. The second kappa shape index (κ2) is 4.85. The van der Waals surface area contributed by atoms with Gasteiger partial charge in [0.25, 0.3) is 0 Å². The van der Waals surface area contributed by atoms with Crippen LogP contribution in [-0.2, 0) is 27.1 Å². The average Bonchev–Trinajstić information content (AvgIpc) is 2.96. The first-order valence-electron chi connectivity index (χ1n) is 6.65. The smallest absolute Gasteiger partial charge is 0.228 e. The lowest BCUT2D eigenvalue weighted by molar-refractivity contribution is -0.163. The lowest BCUT2D eigenvalue weighted by atomic mass is 9.96. The van der Waals surface area contributed by atoms with Crippen LogP contribution in [0.25, 0.3) is 0 Å². The number of aromatic nitrogens is 1. The first kappa shape index (κ1) is 13.0. The molecule has 1 saturated heterocycles. The van der Waals surface area contributed by atoms with Crippen molar-refractivity contribution in [2.45, 2.75) is 38.9 Å². The van der Waals surface area contributed by atoms with Gasteiger partial charge in [0, 0.05) is 23.6 Å². The molecule has 0 saturated carbocycles. The maximum Gasteiger partial charge on any atom is 0.228 e. The van der Waals surface area contributed by atoms with Gasteiger partial charge in [0.05, 0.1) is 18.9 Å². The van der Waals surface area contributed by atoms with E-state index in [-0.39, 0.29) is 11.8 Å². The summed E-state index contributed by atoms with van der Waals surface area (Å²) >= 11 is 1.54. The summed E-state index contributed by atoms with van der Waals surface area (Å²) in [4.78, 5) is 17.4. The van der Waals surface area contributed by atoms with Crippen LogP contribution in [0.5, 0.6) is 0 Å². The highest BCUT2D eigenvalue weighted by atomic mass is 32.1. The SMILES string of the molecule is CC(C)C(=O)Nc1nc2c(s1)CC1(CC2)OCCO1. The van der Waals surface area contributed by atoms with Gasteiger partial charge >= 0.3 is 0 Å². The Morgan fingerprint density at radius 2 is 2.16 bits per heavy atom. The van der Waals surface area contributed by atoms with Crippen molar-refractivity contribution < 1.29 is 14.3 Å². The summed E-state index contributed by atoms with van der Waals surface area (Å²) in [5, 5.41) is 3.56. The van der Waals surface area contributed by atoms with Crippen molar-refractivity contribution in [1.29, 1.82) is 0 Å². The Labute approximate surface area is 116 Å². The standard InChI is InChI=1S/C13H18N2O3S/c1-8(2)11(16)15-12-14-9-3-4-13(7-10(9)19-12)17-5-6-18-13/h8H,3-7H2,1-2H3,(H,14,15,16). The Bertz CT molecular complexity index is 492. The number of carbonyl (C=O) groups excluding carboxylic acids is 1. The van der Waals surface area contributed by atoms with Crippen molar-refractivity contribution >= 4 is 22.4 Å². The summed E-state index contributed by atoms with van der Waals surface area (Å²) in [7, 11) is 0. The van der Waals surface area contributed by atoms with Crippen LogP contribution in [-0.4, -0.2) is 29.9 Å². The number of nitrogens with zero attached hydrogens (tertiary/aromatic N) is 1. The summed E-state index contributed by atoms with van der Waals surface area (Å²) in [5.74, 6) is -0.457. The Hall–Kier alpha value is -0.980. The molecule has 1 spiro atoms. The summed E-state index contributed by atoms with van der Waals surface area (Å²) in [6.07, 6.45) is 2.45. The number of thiazole rings is 1. The highest BCUT2D eigenvalue weighted by Gasteiger charge is 2.41. The first-order valence-corrected chi connectivity index (χ1v) is 7.47. The normalized spacial score (nSPS) is 20.8. The second-order valence-electron chi connectivity index (χ2n) is 5.32. The van der Waals surface area contributed by atoms with Crippen molar-refractivity contribution in [3.8, 4) is 0 Å². The molecule has 0 bridgehead atoms. The molecule has 5 nitrogen and oxygen atoms in total. The molecule has 1 aliphatic heterocycles. The van der Waals surface area contributed by atoms with Crippen molar-refractivity contribution in [2.24, 2.45) is 5.92 Å². The van der Waals surface area contributed by atoms with E-state index in [1.165, 1.54) is 16.2 Å². The molecule has 1 amide bonds. The Balaban J connectivity index is 1.75. The van der Waals surface area contributed by atoms with Gasteiger partial charge in [-0.15, -0.1) is 11.3 Å². The lowest BCUT2D eigenvalue weighted by Crippen LogP contribution is -2.36. The van der Waals surface area contributed by atoms with Crippen molar-refractivity contribution in [2.75, 3.05) is 18.5 Å². The Morgan fingerprint density at radius 3 is 2.84 bits per heavy atom. The van der Waals surface area contributed by atoms with Crippen LogP contribution >= 0.6 is 11.3 Å². The van der Waals surface area contributed by atoms with Gasteiger partial charge in [-0.1, -0.05) is 13.8 Å². The van der Waals surface area contributed by atoms with Crippen LogP contribution in [0.2, 0.25) is 0 Å². The number of ether oxygens (including phenoxy) is 2. The van der Waals surface area contributed by atoms with Crippen molar-refractivity contribution in [1.82, 2.24) is 4.98 Å². The number of hydrogen-bond acceptors (Lipinski definition) is 5. The van der Waals surface area contributed by atoms with Crippen molar-refractivity contribution in [3.63, 3.8) is 0 Å². The molecule has 0 unspecified atom stereocenters. The monoisotopic (exact) mass is 282 g/mol. The molecule has 19 heavy (non-hydrogen) atoms. The van der Waals surface area contributed by atoms with Crippen LogP contribution in [0.15, 0.2) is 0 Å². The molecule has 1 fully saturated rings. The molecular formula is C13H18N2O3S. The Kier molecular flexibility index (Phi) is 3.32. The van der Waals surface area contributed by atoms with E-state index in [1.54, 1.807) is 0 Å². The molecule has 104 valence electrons. The fourth-order valence-corrected chi connectivity index (χ4v) is 3.50. The zero-order chi connectivity index (χ0) is 13.5. The third kappa shape index (κ3) is 2.52. The van der Waals surface area contributed by atoms with E-state index in [9.17, 15) is 4.79 Å². The third-order valence-electron chi connectivity index (χ3n) is 3.52. The van der Waals surface area contributed by atoms with Gasteiger partial charge in [0.2, 0.25) is 5.91 Å². The zero-order valence-electron chi connectivity index (χ0n) is 11.2. The number of anilines is 1. The van der Waals surface area contributed by atoms with E-state index < -0.39 is 5.79 Å². The third-order valence-corrected chi connectivity index (χ3v) is 4.53. The molecule has 1 aliphatic carbocycles. The molecule has 0 aromatic carbocycles. The summed E-state index contributed by atoms with van der Waals surface area (Å²) in [5.41, 5.74) is 1.08. The van der Waals surface area contributed by atoms with E-state index >= 15 is 0 Å². The van der Waals surface area contributed by atoms with Gasteiger partial charge in [-0.25, -0.2) is 4.98 Å². The van der Waals surface area contributed by atoms with Gasteiger partial charge in [-0.2, -0.15) is 0 Å². The molecule has 2 heterocycles. The van der Waals surface area contributed by atoms with Crippen LogP contribution in [0.3, 0.4) is 0 Å². The maximum atomic E-state index is 11.7. The predicted molar refractivity (Wildman–Crippen MR) is 72.2 cm³/mol. The summed E-state index contributed by atoms with van der Waals surface area (Å²) < 4.78 is 11.5. The fourth-order valence-electron chi connectivity index (χ4n) is 2.41.